The Balaban J connectivity index is 0.00000533. The molecule has 0 amide bonds. The van der Waals surface area contributed by atoms with Crippen molar-refractivity contribution in [1.82, 2.24) is 18.7 Å². The maximum absolute atomic E-state index is 7.04. The van der Waals surface area contributed by atoms with E-state index in [1.807, 2.05) is 12.3 Å². The quantitative estimate of drug-likeness (QED) is 0.0775. The monoisotopic (exact) mass is 1040 g/mol. The van der Waals surface area contributed by atoms with Gasteiger partial charge in [0.25, 0.3) is 0 Å². The van der Waals surface area contributed by atoms with Gasteiger partial charge in [-0.05, 0) is 86.4 Å². The molecule has 1 fully saturated rings. The fourth-order valence-corrected chi connectivity index (χ4v) is 10.2. The van der Waals surface area contributed by atoms with E-state index in [-0.39, 0.29) is 37.3 Å². The van der Waals surface area contributed by atoms with Crippen LogP contribution in [0.1, 0.15) is 117 Å². The molecular weight excluding hydrogens is 976 g/mol. The molecular formula is C59H61N4OPt-. The molecule has 4 heterocycles. The molecule has 1 unspecified atom stereocenters. The summed E-state index contributed by atoms with van der Waals surface area (Å²) in [5.41, 5.74) is 14.5. The van der Waals surface area contributed by atoms with Crippen LogP contribution in [0.15, 0.2) is 134 Å². The number of ether oxygens (including phenoxy) is 1. The summed E-state index contributed by atoms with van der Waals surface area (Å²) >= 11 is 0. The zero-order valence-corrected chi connectivity index (χ0v) is 42.1. The van der Waals surface area contributed by atoms with Crippen LogP contribution in [-0.2, 0) is 37.3 Å². The van der Waals surface area contributed by atoms with Gasteiger partial charge in [0.2, 0.25) is 11.4 Å². The first kappa shape index (κ1) is 44.9. The minimum Gasteiger partial charge on any atom is -0.509 e. The van der Waals surface area contributed by atoms with E-state index in [0.29, 0.717) is 26.6 Å². The molecule has 1 saturated heterocycles. The van der Waals surface area contributed by atoms with Crippen LogP contribution in [0.2, 0.25) is 0 Å². The van der Waals surface area contributed by atoms with Crippen LogP contribution in [0.3, 0.4) is 0 Å². The van der Waals surface area contributed by atoms with Crippen LogP contribution >= 0.6 is 0 Å². The number of hydrogen-bond donors (Lipinski definition) is 0. The maximum atomic E-state index is 7.04. The fourth-order valence-electron chi connectivity index (χ4n) is 10.2. The Labute approximate surface area is 401 Å². The number of pyridine rings is 1. The molecule has 10 rings (SSSR count). The Morgan fingerprint density at radius 1 is 0.646 bits per heavy atom. The van der Waals surface area contributed by atoms with Gasteiger partial charge in [-0.3, -0.25) is 0 Å². The van der Waals surface area contributed by atoms with Crippen molar-refractivity contribution in [2.75, 3.05) is 0 Å². The topological polar surface area (TPSA) is 27.1 Å². The second-order valence-electron chi connectivity index (χ2n) is 20.8. The van der Waals surface area contributed by atoms with Crippen LogP contribution < -0.4 is 13.9 Å². The Morgan fingerprint density at radius 3 is 2.11 bits per heavy atom. The van der Waals surface area contributed by atoms with E-state index in [1.54, 1.807) is 0 Å². The molecule has 6 heteroatoms. The van der Waals surface area contributed by atoms with Gasteiger partial charge in [-0.15, -0.1) is 29.1 Å². The Bertz CT molecular complexity index is 3130. The van der Waals surface area contributed by atoms with Crippen molar-refractivity contribution < 1.29 is 25.8 Å². The smallest absolute Gasteiger partial charge is 0.225 e. The molecule has 0 aliphatic carbocycles. The summed E-state index contributed by atoms with van der Waals surface area (Å²) in [4.78, 5) is 4.92. The molecule has 2 aliphatic heterocycles. The molecule has 65 heavy (non-hydrogen) atoms. The Kier molecular flexibility index (Phi) is 11.0. The van der Waals surface area contributed by atoms with Crippen molar-refractivity contribution in [3.05, 3.63) is 175 Å². The molecule has 5 nitrogen and oxygen atoms in total. The van der Waals surface area contributed by atoms with Gasteiger partial charge in [0.15, 0.2) is 12.4 Å². The normalized spacial score (nSPS) is 18.0. The summed E-state index contributed by atoms with van der Waals surface area (Å²) in [6.45, 7) is 27.7. The first-order valence-corrected chi connectivity index (χ1v) is 23.2. The molecule has 0 spiro atoms. The third-order valence-electron chi connectivity index (χ3n) is 14.6. The minimum atomic E-state index is -0.0291. The minimum absolute atomic E-state index is 0. The van der Waals surface area contributed by atoms with Crippen molar-refractivity contribution in [2.45, 2.75) is 111 Å². The number of aromatic nitrogens is 2. The number of hydrogen-bond acceptors (Lipinski definition) is 2. The number of quaternary nitrogens is 2. The van der Waals surface area contributed by atoms with E-state index >= 15 is 0 Å². The molecule has 6 aromatic carbocycles. The van der Waals surface area contributed by atoms with E-state index in [1.165, 1.54) is 44.9 Å². The summed E-state index contributed by atoms with van der Waals surface area (Å²) in [6, 6.07) is 54.5. The third kappa shape index (κ3) is 7.04. The van der Waals surface area contributed by atoms with Crippen LogP contribution in [0, 0.1) is 18.8 Å². The largest absolute Gasteiger partial charge is 0.509 e. The maximum Gasteiger partial charge on any atom is 0.225 e. The van der Waals surface area contributed by atoms with Crippen LogP contribution in [0.5, 0.6) is 11.5 Å². The zero-order chi connectivity index (χ0) is 45.0. The van der Waals surface area contributed by atoms with Gasteiger partial charge in [-0.2, -0.15) is 10.7 Å². The molecule has 0 bridgehead atoms. The van der Waals surface area contributed by atoms with Gasteiger partial charge < -0.3 is 9.30 Å². The predicted molar refractivity (Wildman–Crippen MR) is 268 cm³/mol. The molecule has 0 N–H and O–H groups in total. The van der Waals surface area contributed by atoms with E-state index in [2.05, 4.69) is 221 Å². The summed E-state index contributed by atoms with van der Waals surface area (Å²) in [6.07, 6.45) is 4.09. The number of nitrogens with zero attached hydrogens (tertiary/aromatic N) is 4. The molecule has 334 valence electrons. The van der Waals surface area contributed by atoms with Gasteiger partial charge in [0.05, 0.1) is 5.69 Å². The average molecular weight is 1040 g/mol. The molecule has 2 aromatic heterocycles. The van der Waals surface area contributed by atoms with Gasteiger partial charge in [0, 0.05) is 68.5 Å². The van der Waals surface area contributed by atoms with E-state index in [4.69, 9.17) is 9.72 Å². The molecule has 2 atom stereocenters. The Morgan fingerprint density at radius 2 is 1.37 bits per heavy atom. The van der Waals surface area contributed by atoms with Crippen molar-refractivity contribution >= 4 is 44.6 Å². The van der Waals surface area contributed by atoms with E-state index in [9.17, 15) is 0 Å². The van der Waals surface area contributed by atoms with Crippen LogP contribution in [-0.4, -0.2) is 9.55 Å². The standard InChI is InChI=1S/C59H61N4O.Pt/c1-12-59(11,13-2)43-25-28-54-55(34-43)62(44-20-18-19-41(33-44)57(5,6)7)38-63(54,62)45-31-40(49-22-15-14-21-48(49)39(3)4)32-47(36-45)64-46-26-27-51-50-23-16-17-24-52(50)61(53(51)37-46)56-35-42(29-30-60-56)58(8,9)10;/h14-35,38-39H,12-13H2,1-11H3;/q-1;/t62-,63?;/m0./s1. The van der Waals surface area contributed by atoms with Crippen molar-refractivity contribution in [3.63, 3.8) is 0 Å². The SMILES string of the molecule is CCC(C)(CC)c1ccc2c(c1)[N@@+]1(c3cccc(C(C)(C)C)c3)[CH-][N+]21c1[c-]c(Oc2[c-]c3c(cc2)c2ccccc2n3-c2cc(C(C)(C)C)ccn2)cc(-c2ccccc2C(C)C)c1.[Pt]. The number of benzene rings is 6. The third-order valence-corrected chi connectivity index (χ3v) is 14.6. The summed E-state index contributed by atoms with van der Waals surface area (Å²) < 4.78 is 10.4. The molecule has 0 saturated carbocycles. The predicted octanol–water partition coefficient (Wildman–Crippen LogP) is 16.4. The van der Waals surface area contributed by atoms with Crippen molar-refractivity contribution in [1.29, 1.82) is 0 Å². The van der Waals surface area contributed by atoms with Gasteiger partial charge >= 0.3 is 0 Å². The van der Waals surface area contributed by atoms with E-state index in [0.717, 1.165) is 51.7 Å². The number of para-hydroxylation sites is 1. The summed E-state index contributed by atoms with van der Waals surface area (Å²) in [7, 11) is 0. The number of fused-ring (bicyclic) bond motifs is 7. The van der Waals surface area contributed by atoms with E-state index < -0.39 is 0 Å². The van der Waals surface area contributed by atoms with Crippen LogP contribution in [0.4, 0.5) is 22.7 Å². The van der Waals surface area contributed by atoms with Gasteiger partial charge in [0.1, 0.15) is 5.82 Å². The van der Waals surface area contributed by atoms with Crippen LogP contribution in [0.25, 0.3) is 38.8 Å². The van der Waals surface area contributed by atoms with Gasteiger partial charge in [-0.1, -0.05) is 154 Å². The van der Waals surface area contributed by atoms with Crippen molar-refractivity contribution in [2.24, 2.45) is 0 Å². The summed E-state index contributed by atoms with van der Waals surface area (Å²) in [5, 5.41) is 2.25. The Hall–Kier alpha value is -5.32. The summed E-state index contributed by atoms with van der Waals surface area (Å²) in [5.74, 6) is 2.48. The average Bonchev–Trinajstić information content (AvgIpc) is 3.79. The fraction of sp³-hybridized carbons (Fsp3) is 0.288. The first-order chi connectivity index (χ1) is 30.5. The molecule has 0 radical (unpaired) electrons. The molecule has 2 aliphatic rings. The number of rotatable bonds is 10. The first-order valence-electron chi connectivity index (χ1n) is 23.2. The zero-order valence-electron chi connectivity index (χ0n) is 39.8. The second-order valence-corrected chi connectivity index (χ2v) is 20.8. The second kappa shape index (κ2) is 15.9. The van der Waals surface area contributed by atoms with Crippen molar-refractivity contribution in [3.8, 4) is 28.4 Å². The van der Waals surface area contributed by atoms with Gasteiger partial charge in [-0.25, -0.2) is 9.58 Å². The molecule has 8 aromatic rings.